The summed E-state index contributed by atoms with van der Waals surface area (Å²) in [5, 5.41) is 5.21. The molecule has 0 spiro atoms. The summed E-state index contributed by atoms with van der Waals surface area (Å²) in [6, 6.07) is 4.82. The van der Waals surface area contributed by atoms with E-state index in [1.165, 1.54) is 17.7 Å². The Morgan fingerprint density at radius 1 is 1.32 bits per heavy atom. The van der Waals surface area contributed by atoms with Crippen LogP contribution in [0.3, 0.4) is 0 Å². The first-order valence-electron chi connectivity index (χ1n) is 8.49. The van der Waals surface area contributed by atoms with Gasteiger partial charge in [-0.3, -0.25) is 9.69 Å². The lowest BCUT2D eigenvalue weighted by atomic mass is 9.98. The first-order valence-corrected chi connectivity index (χ1v) is 9.37. The van der Waals surface area contributed by atoms with Crippen molar-refractivity contribution in [3.8, 4) is 0 Å². The summed E-state index contributed by atoms with van der Waals surface area (Å²) >= 11 is 1.82. The molecule has 2 aliphatic heterocycles. The first kappa shape index (κ1) is 14.7. The molecule has 1 N–H and O–H groups in total. The molecule has 120 valence electrons. The smallest absolute Gasteiger partial charge is 0.249 e. The van der Waals surface area contributed by atoms with E-state index >= 15 is 0 Å². The topological polar surface area (TPSA) is 41.6 Å². The molecular weight excluding hydrogens is 296 g/mol. The van der Waals surface area contributed by atoms with Crippen LogP contribution in [0.1, 0.15) is 37.0 Å². The number of amides is 1. The predicted octanol–water partition coefficient (Wildman–Crippen LogP) is 2.40. The Labute approximate surface area is 135 Å². The van der Waals surface area contributed by atoms with Crippen LogP contribution < -0.4 is 5.32 Å². The van der Waals surface area contributed by atoms with Gasteiger partial charge in [-0.05, 0) is 49.5 Å². The Kier molecular flexibility index (Phi) is 4.20. The van der Waals surface area contributed by atoms with Crippen LogP contribution in [0.15, 0.2) is 17.5 Å². The lowest BCUT2D eigenvalue weighted by Gasteiger charge is -2.35. The quantitative estimate of drug-likeness (QED) is 0.906. The van der Waals surface area contributed by atoms with E-state index < -0.39 is 0 Å². The number of ether oxygens (including phenoxy) is 1. The van der Waals surface area contributed by atoms with Crippen LogP contribution in [0.2, 0.25) is 0 Å². The van der Waals surface area contributed by atoms with Crippen molar-refractivity contribution in [2.75, 3.05) is 13.1 Å². The Morgan fingerprint density at radius 2 is 2.23 bits per heavy atom. The summed E-state index contributed by atoms with van der Waals surface area (Å²) in [7, 11) is 0. The fourth-order valence-electron chi connectivity index (χ4n) is 3.69. The van der Waals surface area contributed by atoms with Gasteiger partial charge in [-0.2, -0.15) is 0 Å². The SMILES string of the molecule is O=C(NCC1CC1)[C@H]1CC[C@@H]2[C@@H](CCN2Cc2cccs2)O1. The molecule has 3 aliphatic rings. The molecule has 1 aliphatic carbocycles. The van der Waals surface area contributed by atoms with Crippen LogP contribution in [-0.2, 0) is 16.1 Å². The molecule has 1 aromatic rings. The first-order chi connectivity index (χ1) is 10.8. The number of carbonyl (C=O) groups excluding carboxylic acids is 1. The number of carbonyl (C=O) groups is 1. The van der Waals surface area contributed by atoms with Crippen LogP contribution >= 0.6 is 11.3 Å². The number of hydrogen-bond donors (Lipinski definition) is 1. The Balaban J connectivity index is 1.30. The van der Waals surface area contributed by atoms with Crippen molar-refractivity contribution in [2.45, 2.75) is 56.9 Å². The van der Waals surface area contributed by atoms with E-state index in [0.29, 0.717) is 6.04 Å². The van der Waals surface area contributed by atoms with E-state index in [4.69, 9.17) is 4.74 Å². The lowest BCUT2D eigenvalue weighted by molar-refractivity contribution is -0.144. The standard InChI is InChI=1S/C17H24N2O2S/c20-17(18-10-12-3-4-12)16-6-5-14-15(21-16)7-8-19(14)11-13-2-1-9-22-13/h1-2,9,12,14-16H,3-8,10-11H2,(H,18,20)/t14-,15-,16-/m1/s1. The maximum atomic E-state index is 12.2. The van der Waals surface area contributed by atoms with Gasteiger partial charge >= 0.3 is 0 Å². The number of hydrogen-bond acceptors (Lipinski definition) is 4. The second-order valence-corrected chi connectivity index (χ2v) is 7.87. The van der Waals surface area contributed by atoms with E-state index in [9.17, 15) is 4.79 Å². The van der Waals surface area contributed by atoms with Crippen LogP contribution in [0.25, 0.3) is 0 Å². The molecule has 0 aromatic carbocycles. The highest BCUT2D eigenvalue weighted by atomic mass is 32.1. The lowest BCUT2D eigenvalue weighted by Crippen LogP contribution is -2.47. The molecule has 1 aromatic heterocycles. The third-order valence-electron chi connectivity index (χ3n) is 5.16. The summed E-state index contributed by atoms with van der Waals surface area (Å²) in [6.07, 6.45) is 5.56. The zero-order valence-electron chi connectivity index (χ0n) is 12.9. The summed E-state index contributed by atoms with van der Waals surface area (Å²) in [6.45, 7) is 2.96. The summed E-state index contributed by atoms with van der Waals surface area (Å²) < 4.78 is 6.12. The molecule has 4 nitrogen and oxygen atoms in total. The van der Waals surface area contributed by atoms with Gasteiger partial charge < -0.3 is 10.1 Å². The molecule has 22 heavy (non-hydrogen) atoms. The van der Waals surface area contributed by atoms with Gasteiger partial charge in [0.2, 0.25) is 5.91 Å². The third kappa shape index (κ3) is 3.21. The van der Waals surface area contributed by atoms with Crippen LogP contribution in [0.4, 0.5) is 0 Å². The van der Waals surface area contributed by atoms with Gasteiger partial charge in [-0.1, -0.05) is 6.07 Å². The van der Waals surface area contributed by atoms with Gasteiger partial charge in [0.15, 0.2) is 0 Å². The van der Waals surface area contributed by atoms with Crippen molar-refractivity contribution in [2.24, 2.45) is 5.92 Å². The Morgan fingerprint density at radius 3 is 3.00 bits per heavy atom. The van der Waals surface area contributed by atoms with Gasteiger partial charge in [0.1, 0.15) is 6.10 Å². The number of fused-ring (bicyclic) bond motifs is 1. The molecule has 3 heterocycles. The molecule has 1 saturated carbocycles. The van der Waals surface area contributed by atoms with Gasteiger partial charge in [-0.25, -0.2) is 0 Å². The maximum absolute atomic E-state index is 12.2. The number of nitrogens with one attached hydrogen (secondary N) is 1. The van der Waals surface area contributed by atoms with Crippen LogP contribution in [0.5, 0.6) is 0 Å². The monoisotopic (exact) mass is 320 g/mol. The average Bonchev–Trinajstić information content (AvgIpc) is 3.07. The molecule has 0 radical (unpaired) electrons. The fraction of sp³-hybridized carbons (Fsp3) is 0.706. The predicted molar refractivity (Wildman–Crippen MR) is 86.8 cm³/mol. The number of nitrogens with zero attached hydrogens (tertiary/aromatic N) is 1. The normalized spacial score (nSPS) is 31.9. The van der Waals surface area contributed by atoms with Crippen LogP contribution in [-0.4, -0.2) is 42.1 Å². The fourth-order valence-corrected chi connectivity index (χ4v) is 4.42. The van der Waals surface area contributed by atoms with Gasteiger partial charge in [-0.15, -0.1) is 11.3 Å². The number of rotatable bonds is 5. The van der Waals surface area contributed by atoms with Crippen molar-refractivity contribution < 1.29 is 9.53 Å². The second kappa shape index (κ2) is 6.30. The summed E-state index contributed by atoms with van der Waals surface area (Å²) in [5.41, 5.74) is 0. The highest BCUT2D eigenvalue weighted by Gasteiger charge is 2.41. The van der Waals surface area contributed by atoms with Gasteiger partial charge in [0.25, 0.3) is 0 Å². The van der Waals surface area contributed by atoms with Crippen molar-refractivity contribution in [3.05, 3.63) is 22.4 Å². The Bertz CT molecular complexity index is 515. The summed E-state index contributed by atoms with van der Waals surface area (Å²) in [4.78, 5) is 16.2. The average molecular weight is 320 g/mol. The highest BCUT2D eigenvalue weighted by Crippen LogP contribution is 2.33. The largest absolute Gasteiger partial charge is 0.363 e. The van der Waals surface area contributed by atoms with E-state index in [0.717, 1.165) is 44.8 Å². The van der Waals surface area contributed by atoms with E-state index in [2.05, 4.69) is 27.7 Å². The van der Waals surface area contributed by atoms with Gasteiger partial charge in [0, 0.05) is 30.6 Å². The number of likely N-dealkylation sites (tertiary alicyclic amines) is 1. The van der Waals surface area contributed by atoms with Gasteiger partial charge in [0.05, 0.1) is 6.10 Å². The minimum absolute atomic E-state index is 0.113. The minimum Gasteiger partial charge on any atom is -0.363 e. The van der Waals surface area contributed by atoms with Crippen molar-refractivity contribution in [1.82, 2.24) is 10.2 Å². The Hall–Kier alpha value is -0.910. The molecule has 1 amide bonds. The van der Waals surface area contributed by atoms with Crippen LogP contribution in [0, 0.1) is 5.92 Å². The molecule has 0 unspecified atom stereocenters. The second-order valence-electron chi connectivity index (χ2n) is 6.83. The zero-order chi connectivity index (χ0) is 14.9. The van der Waals surface area contributed by atoms with E-state index in [-0.39, 0.29) is 18.1 Å². The minimum atomic E-state index is -0.221. The highest BCUT2D eigenvalue weighted by molar-refractivity contribution is 7.09. The van der Waals surface area contributed by atoms with E-state index in [1.807, 2.05) is 11.3 Å². The zero-order valence-corrected chi connectivity index (χ0v) is 13.7. The molecule has 3 atom stereocenters. The molecule has 3 fully saturated rings. The van der Waals surface area contributed by atoms with Crippen molar-refractivity contribution >= 4 is 17.2 Å². The van der Waals surface area contributed by atoms with Crippen molar-refractivity contribution in [1.29, 1.82) is 0 Å². The molecule has 4 rings (SSSR count). The number of thiophene rings is 1. The molecule has 5 heteroatoms. The molecule has 2 saturated heterocycles. The van der Waals surface area contributed by atoms with Crippen molar-refractivity contribution in [3.63, 3.8) is 0 Å². The van der Waals surface area contributed by atoms with E-state index in [1.54, 1.807) is 0 Å². The third-order valence-corrected chi connectivity index (χ3v) is 6.02. The summed E-state index contributed by atoms with van der Waals surface area (Å²) in [5.74, 6) is 0.843. The molecular formula is C17H24N2O2S. The molecule has 0 bridgehead atoms. The maximum Gasteiger partial charge on any atom is 0.249 e.